The van der Waals surface area contributed by atoms with Crippen LogP contribution in [0.15, 0.2) is 29.3 Å². The number of hydrogen-bond donors (Lipinski definition) is 3. The minimum Gasteiger partial charge on any atom is -0.387 e. The van der Waals surface area contributed by atoms with E-state index in [-0.39, 0.29) is 24.0 Å². The van der Waals surface area contributed by atoms with E-state index in [1.54, 1.807) is 0 Å². The molecule has 0 bridgehead atoms. The summed E-state index contributed by atoms with van der Waals surface area (Å²) in [6.45, 7) is 8.83. The van der Waals surface area contributed by atoms with Gasteiger partial charge in [0.05, 0.1) is 25.4 Å². The summed E-state index contributed by atoms with van der Waals surface area (Å²) < 4.78 is 5.37. The standard InChI is InChI=1S/C20H31ClN4O2.HI/c1-3-22-19(23-13-20(2,26)14-25-7-9-27-10-8-25)24-18-12-17(18)15-5-4-6-16(21)11-15;/h4-6,11,17-18,26H,3,7-10,12-14H2,1-2H3,(H2,22,23,24);1H. The molecule has 1 saturated heterocycles. The molecule has 158 valence electrons. The SMILES string of the molecule is CCNC(=NCC(C)(O)CN1CCOCC1)NC1CC1c1cccc(Cl)c1.I. The second-order valence-corrected chi connectivity index (χ2v) is 8.17. The number of aliphatic imine (C=N–C) groups is 1. The van der Waals surface area contributed by atoms with Gasteiger partial charge in [-0.1, -0.05) is 23.7 Å². The molecule has 1 aliphatic heterocycles. The number of nitrogens with one attached hydrogen (secondary N) is 2. The largest absolute Gasteiger partial charge is 0.387 e. The number of β-amino-alcohol motifs (C(OH)–C–C–N with tert-alkyl or cyclic N) is 1. The molecule has 3 atom stereocenters. The van der Waals surface area contributed by atoms with Crippen molar-refractivity contribution in [3.05, 3.63) is 34.9 Å². The molecular formula is C20H32ClIN4O2. The second-order valence-electron chi connectivity index (χ2n) is 7.73. The molecule has 3 unspecified atom stereocenters. The molecule has 8 heteroatoms. The van der Waals surface area contributed by atoms with E-state index in [1.165, 1.54) is 5.56 Å². The van der Waals surface area contributed by atoms with E-state index in [1.807, 2.05) is 32.0 Å². The Labute approximate surface area is 190 Å². The van der Waals surface area contributed by atoms with E-state index in [0.717, 1.165) is 50.3 Å². The molecule has 6 nitrogen and oxygen atoms in total. The van der Waals surface area contributed by atoms with Crippen molar-refractivity contribution >= 4 is 41.5 Å². The van der Waals surface area contributed by atoms with E-state index in [2.05, 4.69) is 26.6 Å². The first-order valence-electron chi connectivity index (χ1n) is 9.79. The fourth-order valence-electron chi connectivity index (χ4n) is 3.50. The molecule has 1 saturated carbocycles. The zero-order valence-electron chi connectivity index (χ0n) is 16.7. The summed E-state index contributed by atoms with van der Waals surface area (Å²) in [5.74, 6) is 1.22. The molecular weight excluding hydrogens is 491 g/mol. The normalized spacial score (nSPS) is 24.8. The van der Waals surface area contributed by atoms with Gasteiger partial charge in [0.2, 0.25) is 0 Å². The average molecular weight is 523 g/mol. The summed E-state index contributed by atoms with van der Waals surface area (Å²) in [4.78, 5) is 6.87. The zero-order chi connectivity index (χ0) is 19.3. The second kappa shape index (κ2) is 11.0. The maximum atomic E-state index is 10.7. The van der Waals surface area contributed by atoms with Crippen LogP contribution in [-0.4, -0.2) is 73.5 Å². The number of ether oxygens (including phenoxy) is 1. The van der Waals surface area contributed by atoms with Gasteiger partial charge < -0.3 is 20.5 Å². The number of nitrogens with zero attached hydrogens (tertiary/aromatic N) is 2. The van der Waals surface area contributed by atoms with Gasteiger partial charge >= 0.3 is 0 Å². The van der Waals surface area contributed by atoms with Crippen LogP contribution in [0.2, 0.25) is 5.02 Å². The summed E-state index contributed by atoms with van der Waals surface area (Å²) >= 11 is 6.10. The third-order valence-electron chi connectivity index (χ3n) is 4.98. The van der Waals surface area contributed by atoms with Crippen LogP contribution >= 0.6 is 35.6 Å². The summed E-state index contributed by atoms with van der Waals surface area (Å²) in [5, 5.41) is 18.3. The van der Waals surface area contributed by atoms with Gasteiger partial charge in [-0.05, 0) is 38.0 Å². The van der Waals surface area contributed by atoms with Crippen LogP contribution in [0.25, 0.3) is 0 Å². The van der Waals surface area contributed by atoms with E-state index in [9.17, 15) is 5.11 Å². The third kappa shape index (κ3) is 7.33. The van der Waals surface area contributed by atoms with Crippen molar-refractivity contribution in [2.45, 2.75) is 37.8 Å². The Morgan fingerprint density at radius 3 is 2.82 bits per heavy atom. The molecule has 1 heterocycles. The van der Waals surface area contributed by atoms with Crippen LogP contribution in [0.5, 0.6) is 0 Å². The highest BCUT2D eigenvalue weighted by molar-refractivity contribution is 14.0. The minimum absolute atomic E-state index is 0. The molecule has 1 aliphatic carbocycles. The zero-order valence-corrected chi connectivity index (χ0v) is 19.7. The highest BCUT2D eigenvalue weighted by Crippen LogP contribution is 2.41. The molecule has 0 aromatic heterocycles. The van der Waals surface area contributed by atoms with Gasteiger partial charge in [-0.15, -0.1) is 24.0 Å². The quantitative estimate of drug-likeness (QED) is 0.292. The molecule has 3 N–H and O–H groups in total. The number of morpholine rings is 1. The third-order valence-corrected chi connectivity index (χ3v) is 5.21. The maximum Gasteiger partial charge on any atom is 0.191 e. The van der Waals surface area contributed by atoms with Gasteiger partial charge in [0, 0.05) is 43.2 Å². The maximum absolute atomic E-state index is 10.7. The van der Waals surface area contributed by atoms with E-state index in [4.69, 9.17) is 16.3 Å². The fraction of sp³-hybridized carbons (Fsp3) is 0.650. The van der Waals surface area contributed by atoms with Gasteiger partial charge in [0.25, 0.3) is 0 Å². The molecule has 0 amide bonds. The molecule has 2 aliphatic rings. The van der Waals surface area contributed by atoms with Crippen molar-refractivity contribution < 1.29 is 9.84 Å². The molecule has 28 heavy (non-hydrogen) atoms. The van der Waals surface area contributed by atoms with Gasteiger partial charge in [0.15, 0.2) is 5.96 Å². The van der Waals surface area contributed by atoms with E-state index < -0.39 is 5.60 Å². The number of halogens is 2. The molecule has 2 fully saturated rings. The Balaban J connectivity index is 0.00000280. The van der Waals surface area contributed by atoms with Crippen molar-refractivity contribution in [2.75, 3.05) is 45.9 Å². The van der Waals surface area contributed by atoms with Crippen LogP contribution in [0.1, 0.15) is 31.7 Å². The van der Waals surface area contributed by atoms with Gasteiger partial charge in [0.1, 0.15) is 0 Å². The van der Waals surface area contributed by atoms with Crippen molar-refractivity contribution in [3.63, 3.8) is 0 Å². The topological polar surface area (TPSA) is 69.1 Å². The Bertz CT molecular complexity index is 653. The lowest BCUT2D eigenvalue weighted by Gasteiger charge is -2.33. The monoisotopic (exact) mass is 522 g/mol. The summed E-state index contributed by atoms with van der Waals surface area (Å²) in [6, 6.07) is 8.40. The Hall–Kier alpha value is -0.610. The summed E-state index contributed by atoms with van der Waals surface area (Å²) in [7, 11) is 0. The lowest BCUT2D eigenvalue weighted by Crippen LogP contribution is -2.48. The smallest absolute Gasteiger partial charge is 0.191 e. The van der Waals surface area contributed by atoms with Gasteiger partial charge in [-0.3, -0.25) is 9.89 Å². The molecule has 3 rings (SSSR count). The van der Waals surface area contributed by atoms with Crippen molar-refractivity contribution in [1.29, 1.82) is 0 Å². The van der Waals surface area contributed by atoms with Crippen molar-refractivity contribution in [3.8, 4) is 0 Å². The predicted octanol–water partition coefficient (Wildman–Crippen LogP) is 2.45. The number of benzene rings is 1. The number of rotatable bonds is 7. The van der Waals surface area contributed by atoms with E-state index in [0.29, 0.717) is 25.0 Å². The van der Waals surface area contributed by atoms with Crippen LogP contribution in [0.4, 0.5) is 0 Å². The summed E-state index contributed by atoms with van der Waals surface area (Å²) in [5.41, 5.74) is 0.394. The minimum atomic E-state index is -0.865. The molecule has 1 aromatic rings. The van der Waals surface area contributed by atoms with Gasteiger partial charge in [-0.2, -0.15) is 0 Å². The summed E-state index contributed by atoms with van der Waals surface area (Å²) in [6.07, 6.45) is 1.06. The van der Waals surface area contributed by atoms with Crippen LogP contribution in [0, 0.1) is 0 Å². The van der Waals surface area contributed by atoms with E-state index >= 15 is 0 Å². The number of guanidine groups is 1. The number of aliphatic hydroxyl groups is 1. The molecule has 0 radical (unpaired) electrons. The Morgan fingerprint density at radius 2 is 2.14 bits per heavy atom. The van der Waals surface area contributed by atoms with Crippen LogP contribution in [-0.2, 0) is 4.74 Å². The first kappa shape index (κ1) is 23.7. The number of hydrogen-bond acceptors (Lipinski definition) is 4. The highest BCUT2D eigenvalue weighted by Gasteiger charge is 2.39. The predicted molar refractivity (Wildman–Crippen MR) is 125 cm³/mol. The lowest BCUT2D eigenvalue weighted by molar-refractivity contribution is -0.0180. The van der Waals surface area contributed by atoms with Gasteiger partial charge in [-0.25, -0.2) is 0 Å². The first-order valence-corrected chi connectivity index (χ1v) is 10.2. The average Bonchev–Trinajstić information content (AvgIpc) is 3.40. The fourth-order valence-corrected chi connectivity index (χ4v) is 3.69. The molecule has 0 spiro atoms. The van der Waals surface area contributed by atoms with Crippen LogP contribution < -0.4 is 10.6 Å². The Kier molecular flexibility index (Phi) is 9.27. The molecule has 1 aromatic carbocycles. The van der Waals surface area contributed by atoms with Crippen LogP contribution in [0.3, 0.4) is 0 Å². The Morgan fingerprint density at radius 1 is 1.39 bits per heavy atom. The van der Waals surface area contributed by atoms with Crippen molar-refractivity contribution in [1.82, 2.24) is 15.5 Å². The highest BCUT2D eigenvalue weighted by atomic mass is 127. The lowest BCUT2D eigenvalue weighted by atomic mass is 10.1. The van der Waals surface area contributed by atoms with Crippen molar-refractivity contribution in [2.24, 2.45) is 4.99 Å². The first-order chi connectivity index (χ1) is 13.0.